The van der Waals surface area contributed by atoms with Crippen LogP contribution >= 0.6 is 11.8 Å². The molecule has 2 aliphatic rings. The number of amides is 1. The van der Waals surface area contributed by atoms with Crippen molar-refractivity contribution in [3.05, 3.63) is 59.2 Å². The molecule has 2 heterocycles. The molecule has 1 amide bonds. The molecule has 2 unspecified atom stereocenters. The lowest BCUT2D eigenvalue weighted by molar-refractivity contribution is -0.163. The molecule has 2 aromatic rings. The summed E-state index contributed by atoms with van der Waals surface area (Å²) in [6.45, 7) is 3.97. The lowest BCUT2D eigenvalue weighted by Gasteiger charge is -2.29. The summed E-state index contributed by atoms with van der Waals surface area (Å²) in [7, 11) is 0. The second kappa shape index (κ2) is 12.2. The number of rotatable bonds is 6. The van der Waals surface area contributed by atoms with Crippen molar-refractivity contribution in [2.24, 2.45) is 0 Å². The second-order valence-corrected chi connectivity index (χ2v) is 10.6. The van der Waals surface area contributed by atoms with E-state index >= 15 is 0 Å². The first kappa shape index (κ1) is 29.3. The zero-order chi connectivity index (χ0) is 28.2. The van der Waals surface area contributed by atoms with Crippen molar-refractivity contribution in [2.75, 3.05) is 38.2 Å². The number of nitrogens with one attached hydrogen (secondary N) is 2. The summed E-state index contributed by atoms with van der Waals surface area (Å²) in [4.78, 5) is 13.5. The summed E-state index contributed by atoms with van der Waals surface area (Å²) in [5, 5.41) is 6.72. The van der Waals surface area contributed by atoms with E-state index in [1.807, 2.05) is 0 Å². The third-order valence-electron chi connectivity index (χ3n) is 6.55. The lowest BCUT2D eigenvalue weighted by atomic mass is 9.99. The Morgan fingerprint density at radius 1 is 1.08 bits per heavy atom. The molecule has 0 bridgehead atoms. The van der Waals surface area contributed by atoms with Crippen molar-refractivity contribution in [3.63, 3.8) is 0 Å². The highest BCUT2D eigenvalue weighted by atomic mass is 32.2. The van der Waals surface area contributed by atoms with Gasteiger partial charge in [-0.25, -0.2) is 0 Å². The van der Waals surface area contributed by atoms with Crippen LogP contribution in [-0.2, 0) is 21.9 Å². The van der Waals surface area contributed by atoms with Crippen LogP contribution in [0.15, 0.2) is 52.3 Å². The minimum atomic E-state index is -5.31. The first-order valence-corrected chi connectivity index (χ1v) is 13.4. The first-order valence-electron chi connectivity index (χ1n) is 12.6. The van der Waals surface area contributed by atoms with E-state index < -0.39 is 39.8 Å². The van der Waals surface area contributed by atoms with Crippen LogP contribution in [0.1, 0.15) is 36.5 Å². The Hall–Kier alpha value is -2.70. The summed E-state index contributed by atoms with van der Waals surface area (Å²) < 4.78 is 90.1. The molecule has 4 rings (SSSR count). The van der Waals surface area contributed by atoms with E-state index in [1.54, 1.807) is 24.3 Å². The molecule has 0 aromatic heterocycles. The maximum absolute atomic E-state index is 14.2. The fourth-order valence-electron chi connectivity index (χ4n) is 4.74. The molecule has 2 saturated heterocycles. The van der Waals surface area contributed by atoms with E-state index in [4.69, 9.17) is 4.74 Å². The number of hydrogen-bond acceptors (Lipinski definition) is 5. The van der Waals surface area contributed by atoms with Gasteiger partial charge < -0.3 is 20.3 Å². The second-order valence-electron chi connectivity index (χ2n) is 9.52. The zero-order valence-corrected chi connectivity index (χ0v) is 22.0. The van der Waals surface area contributed by atoms with Gasteiger partial charge in [0.2, 0.25) is 5.91 Å². The summed E-state index contributed by atoms with van der Waals surface area (Å²) in [6.07, 6.45) is -7.18. The fraction of sp³-hybridized carbons (Fsp3) is 0.444. The Morgan fingerprint density at radius 3 is 2.46 bits per heavy atom. The average molecular weight is 574 g/mol. The molecule has 0 radical (unpaired) electrons. The number of hydrogen-bond donors (Lipinski definition) is 2. The quantitative estimate of drug-likeness (QED) is 0.314. The highest BCUT2D eigenvalue weighted by molar-refractivity contribution is 7.99. The maximum atomic E-state index is 14.2. The normalized spacial score (nSPS) is 20.8. The summed E-state index contributed by atoms with van der Waals surface area (Å²) in [5.41, 5.74) is -3.63. The fourth-order valence-corrected chi connectivity index (χ4v) is 5.78. The van der Waals surface area contributed by atoms with E-state index in [1.165, 1.54) is 4.90 Å². The number of piperidine rings is 1. The number of halogens is 6. The van der Waals surface area contributed by atoms with Crippen LogP contribution in [0.2, 0.25) is 0 Å². The summed E-state index contributed by atoms with van der Waals surface area (Å²) >= 11 is 0.618. The summed E-state index contributed by atoms with van der Waals surface area (Å²) in [6, 6.07) is 9.13. The molecular formula is C27H29F6N3O2S. The van der Waals surface area contributed by atoms with Gasteiger partial charge in [0.1, 0.15) is 0 Å². The van der Waals surface area contributed by atoms with Crippen LogP contribution in [0.4, 0.5) is 32.0 Å². The van der Waals surface area contributed by atoms with Crippen LogP contribution in [0.5, 0.6) is 0 Å². The van der Waals surface area contributed by atoms with Gasteiger partial charge in [0, 0.05) is 46.7 Å². The number of nitrogens with zero attached hydrogens (tertiary/aromatic N) is 1. The molecule has 12 heteroatoms. The van der Waals surface area contributed by atoms with Crippen LogP contribution in [-0.4, -0.2) is 55.7 Å². The molecule has 2 fully saturated rings. The van der Waals surface area contributed by atoms with Gasteiger partial charge in [-0.3, -0.25) is 4.79 Å². The number of anilines is 1. The Morgan fingerprint density at radius 2 is 1.79 bits per heavy atom. The number of carbonyl (C=O) groups is 1. The van der Waals surface area contributed by atoms with Crippen molar-refractivity contribution in [1.29, 1.82) is 0 Å². The standard InChI is InChI=1S/C27H29F6N3O2S/c1-17-15-20(9-10-34-17)35-19-3-2-4-21(16-19)39-22-7-5-18(6-8-23(37)36-11-13-38-14-12-36)24(26(28,29)30)25(22)27(31,32)33/h2-8,16-17,20,34-35H,9-15H2,1H3. The van der Waals surface area contributed by atoms with E-state index in [9.17, 15) is 31.1 Å². The summed E-state index contributed by atoms with van der Waals surface area (Å²) in [5.74, 6) is -0.592. The molecular weight excluding hydrogens is 544 g/mol. The van der Waals surface area contributed by atoms with Crippen LogP contribution < -0.4 is 10.6 Å². The van der Waals surface area contributed by atoms with Gasteiger partial charge in [-0.1, -0.05) is 23.9 Å². The van der Waals surface area contributed by atoms with Gasteiger partial charge in [-0.2, -0.15) is 26.3 Å². The topological polar surface area (TPSA) is 53.6 Å². The molecule has 212 valence electrons. The molecule has 2 aliphatic heterocycles. The van der Waals surface area contributed by atoms with Crippen molar-refractivity contribution >= 4 is 29.4 Å². The van der Waals surface area contributed by atoms with Gasteiger partial charge in [0.15, 0.2) is 0 Å². The largest absolute Gasteiger partial charge is 0.418 e. The van der Waals surface area contributed by atoms with E-state index in [0.717, 1.165) is 43.7 Å². The van der Waals surface area contributed by atoms with Gasteiger partial charge in [0.05, 0.1) is 24.3 Å². The Balaban J connectivity index is 1.65. The zero-order valence-electron chi connectivity index (χ0n) is 21.2. The first-order chi connectivity index (χ1) is 18.4. The Bertz CT molecular complexity index is 1200. The van der Waals surface area contributed by atoms with Gasteiger partial charge >= 0.3 is 12.4 Å². The number of morpholine rings is 1. The monoisotopic (exact) mass is 573 g/mol. The highest BCUT2D eigenvalue weighted by Crippen LogP contribution is 2.48. The molecule has 5 nitrogen and oxygen atoms in total. The molecule has 2 atom stereocenters. The molecule has 2 aromatic carbocycles. The van der Waals surface area contributed by atoms with Crippen LogP contribution in [0.25, 0.3) is 6.08 Å². The smallest absolute Gasteiger partial charge is 0.382 e. The molecule has 0 saturated carbocycles. The van der Waals surface area contributed by atoms with Gasteiger partial charge in [0.25, 0.3) is 0 Å². The predicted molar refractivity (Wildman–Crippen MR) is 138 cm³/mol. The minimum absolute atomic E-state index is 0.176. The maximum Gasteiger partial charge on any atom is 0.418 e. The van der Waals surface area contributed by atoms with E-state index in [2.05, 4.69) is 17.6 Å². The Kier molecular flexibility index (Phi) is 9.18. The van der Waals surface area contributed by atoms with Gasteiger partial charge in [-0.05, 0) is 62.2 Å². The Labute approximate surface area is 227 Å². The molecule has 2 N–H and O–H groups in total. The third kappa shape index (κ3) is 7.70. The number of ether oxygens (including phenoxy) is 1. The number of benzene rings is 2. The van der Waals surface area contributed by atoms with Crippen molar-refractivity contribution in [1.82, 2.24) is 10.2 Å². The number of alkyl halides is 6. The highest BCUT2D eigenvalue weighted by Gasteiger charge is 2.46. The number of carbonyl (C=O) groups excluding carboxylic acids is 1. The minimum Gasteiger partial charge on any atom is -0.382 e. The van der Waals surface area contributed by atoms with Crippen molar-refractivity contribution in [2.45, 2.75) is 54.0 Å². The van der Waals surface area contributed by atoms with Crippen molar-refractivity contribution < 1.29 is 35.9 Å². The van der Waals surface area contributed by atoms with Gasteiger partial charge in [-0.15, -0.1) is 0 Å². The third-order valence-corrected chi connectivity index (χ3v) is 7.60. The molecule has 39 heavy (non-hydrogen) atoms. The lowest BCUT2D eigenvalue weighted by Crippen LogP contribution is -2.41. The molecule has 0 aliphatic carbocycles. The molecule has 0 spiro atoms. The van der Waals surface area contributed by atoms with Crippen LogP contribution in [0.3, 0.4) is 0 Å². The van der Waals surface area contributed by atoms with Crippen LogP contribution in [0, 0.1) is 0 Å². The van der Waals surface area contributed by atoms with E-state index in [0.29, 0.717) is 28.4 Å². The predicted octanol–water partition coefficient (Wildman–Crippen LogP) is 6.30. The van der Waals surface area contributed by atoms with E-state index in [-0.39, 0.29) is 32.3 Å². The van der Waals surface area contributed by atoms with Crippen molar-refractivity contribution in [3.8, 4) is 0 Å². The SMILES string of the molecule is CC1CC(Nc2cccc(Sc3ccc(C=CC(=O)N4CCOCC4)c(C(F)(F)F)c3C(F)(F)F)c2)CCN1. The average Bonchev–Trinajstić information content (AvgIpc) is 2.87.